The molecule has 0 spiro atoms. The summed E-state index contributed by atoms with van der Waals surface area (Å²) in [5, 5.41) is 6.92. The number of hydrogen-bond acceptors (Lipinski definition) is 8. The minimum absolute atomic E-state index is 0.0322. The number of anilines is 1. The molecule has 3 aromatic heterocycles. The van der Waals surface area contributed by atoms with Crippen molar-refractivity contribution < 1.29 is 9.15 Å². The van der Waals surface area contributed by atoms with Crippen molar-refractivity contribution in [3.63, 3.8) is 0 Å². The van der Waals surface area contributed by atoms with Crippen molar-refractivity contribution >= 4 is 28.7 Å². The fourth-order valence-electron chi connectivity index (χ4n) is 6.62. The van der Waals surface area contributed by atoms with Gasteiger partial charge in [-0.05, 0) is 56.1 Å². The van der Waals surface area contributed by atoms with E-state index in [1.165, 1.54) is 25.7 Å². The molecule has 1 saturated heterocycles. The molecule has 204 valence electrons. The number of morpholine rings is 1. The number of hydrogen-bond donors (Lipinski definition) is 1. The summed E-state index contributed by atoms with van der Waals surface area (Å²) in [5.74, 6) is 1.83. The van der Waals surface area contributed by atoms with E-state index in [4.69, 9.17) is 35.7 Å². The van der Waals surface area contributed by atoms with E-state index in [0.717, 1.165) is 55.3 Å². The lowest BCUT2D eigenvalue weighted by molar-refractivity contribution is 0.0247. The normalized spacial score (nSPS) is 25.3. The van der Waals surface area contributed by atoms with Gasteiger partial charge in [0, 0.05) is 23.7 Å². The monoisotopic (exact) mass is 549 g/mol. The van der Waals surface area contributed by atoms with Gasteiger partial charge in [-0.3, -0.25) is 0 Å². The Morgan fingerprint density at radius 1 is 1.10 bits per heavy atom. The smallest absolute Gasteiger partial charge is 0.384 e. The van der Waals surface area contributed by atoms with Gasteiger partial charge in [0.1, 0.15) is 11.2 Å². The van der Waals surface area contributed by atoms with Crippen molar-refractivity contribution in [2.45, 2.75) is 70.6 Å². The first-order valence-electron chi connectivity index (χ1n) is 14.0. The Hall–Kier alpha value is -3.24. The molecule has 0 radical (unpaired) electrons. The molecule has 10 nitrogen and oxygen atoms in total. The molecule has 11 heteroatoms. The Labute approximate surface area is 230 Å². The van der Waals surface area contributed by atoms with Gasteiger partial charge >= 0.3 is 5.76 Å². The molecular formula is C28H32ClN7O3. The molecule has 2 aliphatic carbocycles. The molecule has 1 aliphatic heterocycles. The number of ether oxygens (including phenoxy) is 1. The third kappa shape index (κ3) is 4.63. The molecule has 1 aromatic carbocycles. The third-order valence-corrected chi connectivity index (χ3v) is 8.86. The molecule has 39 heavy (non-hydrogen) atoms. The number of benzene rings is 1. The number of rotatable bonds is 5. The van der Waals surface area contributed by atoms with Crippen LogP contribution in [0.25, 0.3) is 34.1 Å². The summed E-state index contributed by atoms with van der Waals surface area (Å²) in [5.41, 5.74) is 2.97. The van der Waals surface area contributed by atoms with Gasteiger partial charge in [0.2, 0.25) is 11.8 Å². The number of nitrogens with one attached hydrogen (secondary N) is 1. The molecule has 7 rings (SSSR count). The molecule has 2 unspecified atom stereocenters. The van der Waals surface area contributed by atoms with Crippen LogP contribution < -0.4 is 10.7 Å². The first-order valence-corrected chi connectivity index (χ1v) is 14.4. The summed E-state index contributed by atoms with van der Waals surface area (Å²) in [6.45, 7) is 4.67. The number of H-pyrrole nitrogens is 1. The highest BCUT2D eigenvalue weighted by Gasteiger charge is 2.39. The Morgan fingerprint density at radius 2 is 1.97 bits per heavy atom. The molecule has 2 atom stereocenters. The average Bonchev–Trinajstić information content (AvgIpc) is 3.68. The molecule has 4 aromatic rings. The van der Waals surface area contributed by atoms with Crippen LogP contribution in [0.15, 0.2) is 33.5 Å². The van der Waals surface area contributed by atoms with Gasteiger partial charge in [0.25, 0.3) is 5.89 Å². The van der Waals surface area contributed by atoms with E-state index in [1.807, 2.05) is 24.3 Å². The second-order valence-corrected chi connectivity index (χ2v) is 11.7. The zero-order valence-electron chi connectivity index (χ0n) is 22.0. The topological polar surface area (TPSA) is 115 Å². The molecule has 4 heterocycles. The SMILES string of the molecule is CC1CCC(Cn2c(N3CCOC4CCCC43)nc3nc(-c4n[nH]c(=O)o4)nc(-c4cccc(Cl)c4)c32)CC1. The van der Waals surface area contributed by atoms with Crippen LogP contribution in [0, 0.1) is 11.8 Å². The van der Waals surface area contributed by atoms with Gasteiger partial charge in [-0.15, -0.1) is 5.10 Å². The predicted molar refractivity (Wildman–Crippen MR) is 148 cm³/mol. The van der Waals surface area contributed by atoms with Gasteiger partial charge in [-0.1, -0.05) is 43.5 Å². The Kier molecular flexibility index (Phi) is 6.39. The largest absolute Gasteiger partial charge is 0.434 e. The van der Waals surface area contributed by atoms with E-state index >= 15 is 0 Å². The van der Waals surface area contributed by atoms with Gasteiger partial charge in [-0.2, -0.15) is 4.98 Å². The summed E-state index contributed by atoms with van der Waals surface area (Å²) in [6, 6.07) is 7.94. The van der Waals surface area contributed by atoms with E-state index in [1.54, 1.807) is 0 Å². The number of nitrogens with zero attached hydrogens (tertiary/aromatic N) is 6. The van der Waals surface area contributed by atoms with Gasteiger partial charge in [0.05, 0.1) is 18.8 Å². The lowest BCUT2D eigenvalue weighted by Crippen LogP contribution is -2.49. The van der Waals surface area contributed by atoms with Crippen LogP contribution in [0.1, 0.15) is 51.9 Å². The number of imidazole rings is 1. The van der Waals surface area contributed by atoms with Crippen molar-refractivity contribution in [2.75, 3.05) is 18.1 Å². The summed E-state index contributed by atoms with van der Waals surface area (Å²) in [7, 11) is 0. The summed E-state index contributed by atoms with van der Waals surface area (Å²) in [6.07, 6.45) is 8.43. The molecule has 3 fully saturated rings. The van der Waals surface area contributed by atoms with Crippen LogP contribution in [0.2, 0.25) is 5.02 Å². The highest BCUT2D eigenvalue weighted by molar-refractivity contribution is 6.30. The quantitative estimate of drug-likeness (QED) is 0.367. The zero-order chi connectivity index (χ0) is 26.5. The number of aromatic amines is 1. The lowest BCUT2D eigenvalue weighted by atomic mass is 9.83. The van der Waals surface area contributed by atoms with Crippen molar-refractivity contribution in [1.82, 2.24) is 29.7 Å². The van der Waals surface area contributed by atoms with Crippen molar-refractivity contribution in [3.05, 3.63) is 39.8 Å². The summed E-state index contributed by atoms with van der Waals surface area (Å²) < 4.78 is 13.7. The zero-order valence-corrected chi connectivity index (χ0v) is 22.7. The fourth-order valence-corrected chi connectivity index (χ4v) is 6.81. The Bertz CT molecular complexity index is 1550. The molecule has 1 N–H and O–H groups in total. The fraction of sp³-hybridized carbons (Fsp3) is 0.536. The van der Waals surface area contributed by atoms with E-state index < -0.39 is 5.76 Å². The van der Waals surface area contributed by atoms with Crippen LogP contribution in [-0.2, 0) is 11.3 Å². The predicted octanol–water partition coefficient (Wildman–Crippen LogP) is 5.07. The maximum absolute atomic E-state index is 11.7. The van der Waals surface area contributed by atoms with Crippen molar-refractivity contribution in [3.8, 4) is 23.0 Å². The number of halogens is 1. The molecular weight excluding hydrogens is 518 g/mol. The van der Waals surface area contributed by atoms with Crippen molar-refractivity contribution in [2.24, 2.45) is 11.8 Å². The molecule has 0 amide bonds. The van der Waals surface area contributed by atoms with E-state index in [2.05, 4.69) is 26.6 Å². The maximum atomic E-state index is 11.7. The van der Waals surface area contributed by atoms with Crippen LogP contribution >= 0.6 is 11.6 Å². The second-order valence-electron chi connectivity index (χ2n) is 11.2. The third-order valence-electron chi connectivity index (χ3n) is 8.63. The molecule has 0 bridgehead atoms. The van der Waals surface area contributed by atoms with Crippen molar-refractivity contribution in [1.29, 1.82) is 0 Å². The van der Waals surface area contributed by atoms with E-state index in [9.17, 15) is 4.79 Å². The molecule has 3 aliphatic rings. The Morgan fingerprint density at radius 3 is 2.77 bits per heavy atom. The average molecular weight is 550 g/mol. The summed E-state index contributed by atoms with van der Waals surface area (Å²) >= 11 is 6.44. The van der Waals surface area contributed by atoms with Gasteiger partial charge in [0.15, 0.2) is 5.65 Å². The second kappa shape index (κ2) is 10.1. The van der Waals surface area contributed by atoms with Crippen LogP contribution in [0.4, 0.5) is 5.95 Å². The van der Waals surface area contributed by atoms with Gasteiger partial charge < -0.3 is 18.6 Å². The van der Waals surface area contributed by atoms with E-state index in [0.29, 0.717) is 34.9 Å². The van der Waals surface area contributed by atoms with Crippen LogP contribution in [0.3, 0.4) is 0 Å². The molecule has 2 saturated carbocycles. The standard InChI is InChI=1S/C28H32ClN7O3/c1-16-8-10-17(11-9-16)15-36-23-22(18-4-2-5-19(29)14-18)30-25(26-33-34-28(37)39-26)31-24(23)32-27(36)35-12-13-38-21-7-3-6-20(21)35/h2,4-5,14,16-17,20-21H,3,6-13,15H2,1H3,(H,34,37). The maximum Gasteiger partial charge on any atom is 0.434 e. The highest BCUT2D eigenvalue weighted by Crippen LogP contribution is 2.39. The lowest BCUT2D eigenvalue weighted by Gasteiger charge is -2.39. The van der Waals surface area contributed by atoms with Crippen LogP contribution in [0.5, 0.6) is 0 Å². The first kappa shape index (κ1) is 24.8. The first-order chi connectivity index (χ1) is 19.0. The number of aromatic nitrogens is 6. The Balaban J connectivity index is 1.44. The number of fused-ring (bicyclic) bond motifs is 2. The van der Waals surface area contributed by atoms with Crippen LogP contribution in [-0.4, -0.2) is 55.0 Å². The van der Waals surface area contributed by atoms with Gasteiger partial charge in [-0.25, -0.2) is 19.9 Å². The minimum atomic E-state index is -0.656. The van der Waals surface area contributed by atoms with E-state index in [-0.39, 0.29) is 17.8 Å². The highest BCUT2D eigenvalue weighted by atomic mass is 35.5. The summed E-state index contributed by atoms with van der Waals surface area (Å²) in [4.78, 5) is 29.0. The minimum Gasteiger partial charge on any atom is -0.384 e.